The van der Waals surface area contributed by atoms with Crippen LogP contribution in [0.25, 0.3) is 0 Å². The van der Waals surface area contributed by atoms with Gasteiger partial charge in [0.25, 0.3) is 0 Å². The van der Waals surface area contributed by atoms with Gasteiger partial charge in [0, 0.05) is 0 Å². The molecule has 0 unspecified atom stereocenters. The zero-order valence-corrected chi connectivity index (χ0v) is 7.46. The summed E-state index contributed by atoms with van der Waals surface area (Å²) in [4.78, 5) is 9.92. The molecular weight excluding hydrogens is 182 g/mol. The second-order valence-corrected chi connectivity index (χ2v) is 3.86. The lowest BCUT2D eigenvalue weighted by Crippen LogP contribution is -1.94. The molecule has 1 aromatic heterocycles. The Morgan fingerprint density at radius 1 is 1.82 bits per heavy atom. The van der Waals surface area contributed by atoms with Crippen molar-refractivity contribution in [3.63, 3.8) is 0 Å². The number of amides is 1. The fourth-order valence-corrected chi connectivity index (χ4v) is 2.06. The molecule has 0 aliphatic heterocycles. The first-order chi connectivity index (χ1) is 5.38. The van der Waals surface area contributed by atoms with Crippen molar-refractivity contribution in [3.8, 4) is 0 Å². The predicted octanol–water partition coefficient (Wildman–Crippen LogP) is 1.13. The van der Waals surface area contributed by atoms with Gasteiger partial charge in [-0.15, -0.1) is 16.9 Å². The minimum absolute atomic E-state index is 0.511. The second kappa shape index (κ2) is 4.30. The Morgan fingerprint density at radius 3 is 3.27 bits per heavy atom. The van der Waals surface area contributed by atoms with E-state index in [9.17, 15) is 4.79 Å². The van der Waals surface area contributed by atoms with Gasteiger partial charge in [-0.05, 0) is 17.3 Å². The number of hydrogen-bond acceptors (Lipinski definition) is 5. The van der Waals surface area contributed by atoms with Crippen LogP contribution in [0.2, 0.25) is 0 Å². The molecule has 0 saturated carbocycles. The van der Waals surface area contributed by atoms with E-state index in [-0.39, 0.29) is 0 Å². The van der Waals surface area contributed by atoms with Gasteiger partial charge in [0.2, 0.25) is 0 Å². The van der Waals surface area contributed by atoms with Crippen LogP contribution >= 0.6 is 23.3 Å². The summed E-state index contributed by atoms with van der Waals surface area (Å²) in [5.74, 6) is 1.45. The van der Waals surface area contributed by atoms with Crippen molar-refractivity contribution in [1.29, 1.82) is 0 Å². The summed E-state index contributed by atoms with van der Waals surface area (Å²) >= 11 is 2.88. The number of hydrogen-bond donors (Lipinski definition) is 1. The van der Waals surface area contributed by atoms with Crippen molar-refractivity contribution in [1.82, 2.24) is 9.59 Å². The van der Waals surface area contributed by atoms with Crippen LogP contribution in [0.5, 0.6) is 0 Å². The highest BCUT2D eigenvalue weighted by molar-refractivity contribution is 8.01. The van der Waals surface area contributed by atoms with Gasteiger partial charge in [-0.25, -0.2) is 0 Å². The maximum Gasteiger partial charge on any atom is 0.315 e. The Morgan fingerprint density at radius 2 is 2.64 bits per heavy atom. The number of anilines is 1. The number of thioether (sulfide) groups is 1. The molecule has 0 aliphatic rings. The number of nitrogens with one attached hydrogen (secondary N) is 1. The first-order valence-electron chi connectivity index (χ1n) is 2.96. The smallest absolute Gasteiger partial charge is 0.299 e. The maximum atomic E-state index is 9.92. The van der Waals surface area contributed by atoms with Crippen LogP contribution in [0.15, 0.2) is 4.21 Å². The van der Waals surface area contributed by atoms with Crippen molar-refractivity contribution in [2.45, 2.75) is 11.1 Å². The van der Waals surface area contributed by atoms with Crippen LogP contribution in [0.1, 0.15) is 6.92 Å². The van der Waals surface area contributed by atoms with Crippen LogP contribution in [0.4, 0.5) is 5.82 Å². The molecule has 1 heterocycles. The largest absolute Gasteiger partial charge is 0.315 e. The molecule has 0 spiro atoms. The van der Waals surface area contributed by atoms with Crippen LogP contribution in [0, 0.1) is 0 Å². The van der Waals surface area contributed by atoms with Gasteiger partial charge in [0.1, 0.15) is 4.21 Å². The molecule has 1 amide bonds. The Hall–Kier alpha value is -0.620. The quantitative estimate of drug-likeness (QED) is 0.568. The van der Waals surface area contributed by atoms with Gasteiger partial charge in [0.05, 0.1) is 0 Å². The SMILES string of the molecule is CCSc1snnc1N[C]=O. The molecule has 11 heavy (non-hydrogen) atoms. The molecule has 1 rings (SSSR count). The Kier molecular flexibility index (Phi) is 3.31. The summed E-state index contributed by atoms with van der Waals surface area (Å²) in [5, 5.41) is 6.05. The molecule has 1 aromatic rings. The van der Waals surface area contributed by atoms with Gasteiger partial charge in [-0.3, -0.25) is 10.1 Å². The van der Waals surface area contributed by atoms with Gasteiger partial charge in [-0.1, -0.05) is 11.4 Å². The molecule has 4 nitrogen and oxygen atoms in total. The van der Waals surface area contributed by atoms with Gasteiger partial charge < -0.3 is 0 Å². The zero-order valence-electron chi connectivity index (χ0n) is 5.83. The average molecular weight is 188 g/mol. The molecule has 0 saturated heterocycles. The number of nitrogens with zero attached hydrogens (tertiary/aromatic N) is 2. The minimum Gasteiger partial charge on any atom is -0.299 e. The fraction of sp³-hybridized carbons (Fsp3) is 0.400. The Balaban J connectivity index is 2.69. The summed E-state index contributed by atoms with van der Waals surface area (Å²) in [7, 11) is 0. The average Bonchev–Trinajstić information content (AvgIpc) is 2.39. The summed E-state index contributed by atoms with van der Waals surface area (Å²) in [6.07, 6.45) is 1.56. The minimum atomic E-state index is 0.511. The summed E-state index contributed by atoms with van der Waals surface area (Å²) in [6, 6.07) is 0. The molecule has 0 bridgehead atoms. The van der Waals surface area contributed by atoms with E-state index in [0.717, 1.165) is 9.96 Å². The van der Waals surface area contributed by atoms with E-state index in [0.29, 0.717) is 5.82 Å². The summed E-state index contributed by atoms with van der Waals surface area (Å²) in [6.45, 7) is 2.03. The van der Waals surface area contributed by atoms with Gasteiger partial charge >= 0.3 is 6.41 Å². The molecule has 59 valence electrons. The zero-order chi connectivity index (χ0) is 8.10. The van der Waals surface area contributed by atoms with E-state index < -0.39 is 0 Å². The molecule has 0 atom stereocenters. The topological polar surface area (TPSA) is 54.9 Å². The van der Waals surface area contributed by atoms with E-state index in [1.54, 1.807) is 18.2 Å². The molecule has 0 fully saturated rings. The number of rotatable bonds is 4. The first-order valence-corrected chi connectivity index (χ1v) is 4.72. The van der Waals surface area contributed by atoms with Crippen molar-refractivity contribution in [2.24, 2.45) is 0 Å². The third kappa shape index (κ3) is 2.16. The van der Waals surface area contributed by atoms with Crippen LogP contribution in [0.3, 0.4) is 0 Å². The molecule has 0 aromatic carbocycles. The molecule has 1 radical (unpaired) electrons. The Bertz CT molecular complexity index is 237. The third-order valence-electron chi connectivity index (χ3n) is 0.903. The highest BCUT2D eigenvalue weighted by Gasteiger charge is 2.05. The van der Waals surface area contributed by atoms with E-state index in [1.165, 1.54) is 11.5 Å². The van der Waals surface area contributed by atoms with Crippen LogP contribution in [-0.4, -0.2) is 21.7 Å². The molecule has 1 N–H and O–H groups in total. The predicted molar refractivity (Wildman–Crippen MR) is 45.6 cm³/mol. The third-order valence-corrected chi connectivity index (χ3v) is 2.75. The highest BCUT2D eigenvalue weighted by atomic mass is 32.2. The molecular formula is C5H6N3OS2. The van der Waals surface area contributed by atoms with Gasteiger partial charge in [0.15, 0.2) is 5.82 Å². The van der Waals surface area contributed by atoms with Crippen LogP contribution < -0.4 is 5.32 Å². The first kappa shape index (κ1) is 8.48. The van der Waals surface area contributed by atoms with Crippen molar-refractivity contribution in [3.05, 3.63) is 0 Å². The fourth-order valence-electron chi connectivity index (χ4n) is 0.533. The molecule has 6 heteroatoms. The standard InChI is InChI=1S/C5H6N3OS2/c1-2-10-5-4(6-3-9)7-8-11-5/h2H2,1H3,(H,6,9). The van der Waals surface area contributed by atoms with Gasteiger partial charge in [-0.2, -0.15) is 0 Å². The second-order valence-electron chi connectivity index (χ2n) is 1.57. The normalized spacial score (nSPS) is 9.55. The van der Waals surface area contributed by atoms with Crippen molar-refractivity contribution in [2.75, 3.05) is 11.1 Å². The van der Waals surface area contributed by atoms with E-state index in [4.69, 9.17) is 0 Å². The van der Waals surface area contributed by atoms with Crippen molar-refractivity contribution < 1.29 is 4.79 Å². The van der Waals surface area contributed by atoms with E-state index >= 15 is 0 Å². The monoisotopic (exact) mass is 188 g/mol. The number of carbonyl (C=O) groups excluding carboxylic acids is 1. The highest BCUT2D eigenvalue weighted by Crippen LogP contribution is 2.27. The maximum absolute atomic E-state index is 9.92. The lowest BCUT2D eigenvalue weighted by molar-refractivity contribution is 0.560. The lowest BCUT2D eigenvalue weighted by Gasteiger charge is -1.93. The number of aromatic nitrogens is 2. The lowest BCUT2D eigenvalue weighted by atomic mass is 10.8. The van der Waals surface area contributed by atoms with Crippen molar-refractivity contribution >= 4 is 35.5 Å². The van der Waals surface area contributed by atoms with E-state index in [1.807, 2.05) is 6.92 Å². The summed E-state index contributed by atoms with van der Waals surface area (Å²) in [5.41, 5.74) is 0. The Labute approximate surface area is 72.5 Å². The molecule has 0 aliphatic carbocycles. The van der Waals surface area contributed by atoms with Crippen LogP contribution in [-0.2, 0) is 4.79 Å². The van der Waals surface area contributed by atoms with E-state index in [2.05, 4.69) is 14.9 Å². The summed E-state index contributed by atoms with van der Waals surface area (Å²) < 4.78 is 4.62.